The van der Waals surface area contributed by atoms with Gasteiger partial charge in [0.25, 0.3) is 0 Å². The number of benzene rings is 8. The number of para-hydroxylation sites is 2. The summed E-state index contributed by atoms with van der Waals surface area (Å²) in [6.45, 7) is 2.17. The molecule has 6 heteroatoms. The number of aromatic nitrogens is 5. The molecule has 58 heavy (non-hydrogen) atoms. The van der Waals surface area contributed by atoms with Crippen LogP contribution in [0, 0.1) is 6.92 Å². The summed E-state index contributed by atoms with van der Waals surface area (Å²) in [5.41, 5.74) is 12.4. The van der Waals surface area contributed by atoms with Crippen LogP contribution in [0.1, 0.15) is 5.56 Å². The molecule has 0 saturated carbocycles. The maximum Gasteiger partial charge on any atom is 0.164 e. The third kappa shape index (κ3) is 4.95. The van der Waals surface area contributed by atoms with Crippen LogP contribution in [0.2, 0.25) is 0 Å². The summed E-state index contributed by atoms with van der Waals surface area (Å²) in [6, 6.07) is 63.7. The summed E-state index contributed by atoms with van der Waals surface area (Å²) in [6.07, 6.45) is 0. The second-order valence-corrected chi connectivity index (χ2v) is 14.9. The van der Waals surface area contributed by atoms with Gasteiger partial charge in [0.2, 0.25) is 0 Å². The van der Waals surface area contributed by atoms with Crippen molar-refractivity contribution >= 4 is 65.6 Å². The molecule has 4 aromatic heterocycles. The molecule has 0 atom stereocenters. The first kappa shape index (κ1) is 32.4. The van der Waals surface area contributed by atoms with Crippen LogP contribution in [0.4, 0.5) is 0 Å². The first-order valence-electron chi connectivity index (χ1n) is 19.5. The van der Waals surface area contributed by atoms with Gasteiger partial charge in [-0.2, -0.15) is 0 Å². The molecule has 272 valence electrons. The molecule has 0 bridgehead atoms. The van der Waals surface area contributed by atoms with Crippen molar-refractivity contribution in [3.05, 3.63) is 188 Å². The maximum atomic E-state index is 6.66. The molecule has 12 aromatic rings. The number of hydrogen-bond acceptors (Lipinski definition) is 4. The van der Waals surface area contributed by atoms with E-state index >= 15 is 0 Å². The summed E-state index contributed by atoms with van der Waals surface area (Å²) in [5, 5.41) is 6.91. The van der Waals surface area contributed by atoms with E-state index in [1.807, 2.05) is 72.8 Å². The van der Waals surface area contributed by atoms with Gasteiger partial charge in [0, 0.05) is 60.8 Å². The number of aryl methyl sites for hydroxylation is 1. The molecule has 0 fully saturated rings. The van der Waals surface area contributed by atoms with Gasteiger partial charge in [-0.3, -0.25) is 0 Å². The number of furan rings is 1. The van der Waals surface area contributed by atoms with Crippen LogP contribution in [0.15, 0.2) is 186 Å². The lowest BCUT2D eigenvalue weighted by Gasteiger charge is -2.12. The van der Waals surface area contributed by atoms with E-state index < -0.39 is 0 Å². The zero-order valence-electron chi connectivity index (χ0n) is 31.5. The largest absolute Gasteiger partial charge is 0.456 e. The Bertz CT molecular complexity index is 3510. The highest BCUT2D eigenvalue weighted by Gasteiger charge is 2.22. The van der Waals surface area contributed by atoms with Crippen LogP contribution in [0.3, 0.4) is 0 Å². The minimum atomic E-state index is 0.610. The van der Waals surface area contributed by atoms with Gasteiger partial charge in [0.15, 0.2) is 17.5 Å². The predicted molar refractivity (Wildman–Crippen MR) is 237 cm³/mol. The minimum absolute atomic E-state index is 0.610. The number of rotatable bonds is 5. The maximum absolute atomic E-state index is 6.66. The molecular formula is C52H33N5O. The molecule has 0 spiro atoms. The summed E-state index contributed by atoms with van der Waals surface area (Å²) in [4.78, 5) is 14.9. The van der Waals surface area contributed by atoms with Crippen LogP contribution in [0.5, 0.6) is 0 Å². The highest BCUT2D eigenvalue weighted by Crippen LogP contribution is 2.43. The van der Waals surface area contributed by atoms with Gasteiger partial charge in [-0.15, -0.1) is 0 Å². The van der Waals surface area contributed by atoms with E-state index in [9.17, 15) is 0 Å². The lowest BCUT2D eigenvalue weighted by atomic mass is 10.1. The van der Waals surface area contributed by atoms with Gasteiger partial charge < -0.3 is 13.6 Å². The molecule has 0 saturated heterocycles. The SMILES string of the molecule is Cc1ccc2c(c1)c1ccc3c4ccccc4n(-c4ccc5c(c4)oc4ccc(-c6nc(-c7ccccc7)nc(-c7ccccc7)n6)cc45)c3c1n2-c1ccccc1. The average Bonchev–Trinajstić information content (AvgIpc) is 3.94. The number of hydrogen-bond donors (Lipinski definition) is 0. The van der Waals surface area contributed by atoms with Gasteiger partial charge >= 0.3 is 0 Å². The van der Waals surface area contributed by atoms with Crippen molar-refractivity contribution in [2.24, 2.45) is 0 Å². The monoisotopic (exact) mass is 743 g/mol. The second kappa shape index (κ2) is 12.6. The molecule has 0 radical (unpaired) electrons. The van der Waals surface area contributed by atoms with E-state index in [1.165, 1.54) is 38.1 Å². The van der Waals surface area contributed by atoms with Crippen molar-refractivity contribution in [2.75, 3.05) is 0 Å². The van der Waals surface area contributed by atoms with Crippen molar-refractivity contribution in [1.29, 1.82) is 0 Å². The van der Waals surface area contributed by atoms with Crippen molar-refractivity contribution in [2.45, 2.75) is 6.92 Å². The highest BCUT2D eigenvalue weighted by molar-refractivity contribution is 6.24. The summed E-state index contributed by atoms with van der Waals surface area (Å²) in [5.74, 6) is 1.87. The number of fused-ring (bicyclic) bond motifs is 10. The Hall–Kier alpha value is -7.83. The summed E-state index contributed by atoms with van der Waals surface area (Å²) in [7, 11) is 0. The van der Waals surface area contributed by atoms with E-state index in [0.717, 1.165) is 61.0 Å². The Morgan fingerprint density at radius 2 is 0.931 bits per heavy atom. The first-order valence-corrected chi connectivity index (χ1v) is 19.5. The van der Waals surface area contributed by atoms with Gasteiger partial charge in [-0.05, 0) is 67.6 Å². The fraction of sp³-hybridized carbons (Fsp3) is 0.0192. The Kier molecular flexibility index (Phi) is 7.04. The molecule has 6 nitrogen and oxygen atoms in total. The molecule has 0 aliphatic heterocycles. The Balaban J connectivity index is 1.07. The van der Waals surface area contributed by atoms with Crippen molar-refractivity contribution in [3.63, 3.8) is 0 Å². The van der Waals surface area contributed by atoms with E-state index in [0.29, 0.717) is 17.5 Å². The van der Waals surface area contributed by atoms with Crippen LogP contribution >= 0.6 is 0 Å². The Morgan fingerprint density at radius 3 is 1.64 bits per heavy atom. The molecule has 0 amide bonds. The normalized spacial score (nSPS) is 11.9. The van der Waals surface area contributed by atoms with E-state index in [2.05, 4.69) is 125 Å². The zero-order valence-corrected chi connectivity index (χ0v) is 31.5. The van der Waals surface area contributed by atoms with Crippen molar-refractivity contribution in [1.82, 2.24) is 24.1 Å². The quantitative estimate of drug-likeness (QED) is 0.176. The molecule has 0 aliphatic rings. The summed E-state index contributed by atoms with van der Waals surface area (Å²) < 4.78 is 11.5. The first-order chi connectivity index (χ1) is 28.7. The van der Waals surface area contributed by atoms with E-state index in [4.69, 9.17) is 19.4 Å². The summed E-state index contributed by atoms with van der Waals surface area (Å²) >= 11 is 0. The zero-order chi connectivity index (χ0) is 38.3. The van der Waals surface area contributed by atoms with Crippen molar-refractivity contribution in [3.8, 4) is 45.5 Å². The predicted octanol–water partition coefficient (Wildman–Crippen LogP) is 13.3. The fourth-order valence-corrected chi connectivity index (χ4v) is 8.76. The van der Waals surface area contributed by atoms with Crippen LogP contribution in [-0.4, -0.2) is 24.1 Å². The fourth-order valence-electron chi connectivity index (χ4n) is 8.76. The van der Waals surface area contributed by atoms with Crippen LogP contribution in [0.25, 0.3) is 111 Å². The third-order valence-electron chi connectivity index (χ3n) is 11.4. The lowest BCUT2D eigenvalue weighted by Crippen LogP contribution is -2.00. The molecule has 0 unspecified atom stereocenters. The topological polar surface area (TPSA) is 61.7 Å². The smallest absolute Gasteiger partial charge is 0.164 e. The Morgan fingerprint density at radius 1 is 0.362 bits per heavy atom. The van der Waals surface area contributed by atoms with E-state index in [-0.39, 0.29) is 0 Å². The molecule has 4 heterocycles. The molecule has 8 aromatic carbocycles. The lowest BCUT2D eigenvalue weighted by molar-refractivity contribution is 0.668. The Labute approximate surface area is 332 Å². The second-order valence-electron chi connectivity index (χ2n) is 14.9. The number of nitrogens with zero attached hydrogens (tertiary/aromatic N) is 5. The molecule has 0 N–H and O–H groups in total. The van der Waals surface area contributed by atoms with Gasteiger partial charge in [0.1, 0.15) is 11.2 Å². The third-order valence-corrected chi connectivity index (χ3v) is 11.4. The van der Waals surface area contributed by atoms with Crippen molar-refractivity contribution < 1.29 is 4.42 Å². The minimum Gasteiger partial charge on any atom is -0.456 e. The standard InChI is InChI=1S/C52H33N5O/c1-32-21-27-45-42(29-32)41-26-25-40-38-19-11-12-20-44(38)57(48(40)49(41)56(45)36-17-9-4-10-18-36)37-23-24-39-43-30-35(22-28-46(43)58-47(39)31-37)52-54-50(33-13-5-2-6-14-33)53-51(55-52)34-15-7-3-8-16-34/h2-31H,1H3. The highest BCUT2D eigenvalue weighted by atomic mass is 16.3. The van der Waals surface area contributed by atoms with Gasteiger partial charge in [0.05, 0.1) is 27.8 Å². The molecular weight excluding hydrogens is 711 g/mol. The van der Waals surface area contributed by atoms with Gasteiger partial charge in [-0.1, -0.05) is 121 Å². The average molecular weight is 744 g/mol. The molecule has 0 aliphatic carbocycles. The van der Waals surface area contributed by atoms with Gasteiger partial charge in [-0.25, -0.2) is 15.0 Å². The van der Waals surface area contributed by atoms with E-state index in [1.54, 1.807) is 0 Å². The molecule has 12 rings (SSSR count). The van der Waals surface area contributed by atoms with Crippen LogP contribution < -0.4 is 0 Å². The van der Waals surface area contributed by atoms with Crippen LogP contribution in [-0.2, 0) is 0 Å².